The van der Waals surface area contributed by atoms with Crippen molar-refractivity contribution in [2.24, 2.45) is 11.8 Å². The van der Waals surface area contributed by atoms with Crippen molar-refractivity contribution < 1.29 is 28.5 Å². The van der Waals surface area contributed by atoms with E-state index in [2.05, 4.69) is 20.8 Å². The van der Waals surface area contributed by atoms with E-state index in [-0.39, 0.29) is 37.7 Å². The second-order valence-electron chi connectivity index (χ2n) is 10.2. The van der Waals surface area contributed by atoms with Crippen molar-refractivity contribution in [3.63, 3.8) is 0 Å². The Morgan fingerprint density at radius 3 is 2.05 bits per heavy atom. The van der Waals surface area contributed by atoms with E-state index in [1.807, 2.05) is 66.7 Å². The fourth-order valence-electron chi connectivity index (χ4n) is 4.92. The summed E-state index contributed by atoms with van der Waals surface area (Å²) in [5.41, 5.74) is 2.38. The molecule has 1 saturated heterocycles. The summed E-state index contributed by atoms with van der Waals surface area (Å²) >= 11 is 0. The Kier molecular flexibility index (Phi) is 10.7. The lowest BCUT2D eigenvalue weighted by Gasteiger charge is -2.43. The standard InChI is InChI=1S/C33H39NO6/c1-4-29-24(2)25(3)30(40-31(35)28-18-12-7-13-19-28)32(39-29)37-21-20-34(22-26-14-8-5-9-15-26)33(36)38-23-27-16-10-6-11-17-27/h5-19,24-25,29-30,32H,4,20-23H2,1-3H3/t24-,25-,29?,30?,32-/m0/s1. The van der Waals surface area contributed by atoms with E-state index >= 15 is 0 Å². The average Bonchev–Trinajstić information content (AvgIpc) is 3.00. The molecule has 0 aromatic heterocycles. The Bertz CT molecular complexity index is 1190. The summed E-state index contributed by atoms with van der Waals surface area (Å²) in [5, 5.41) is 0. The van der Waals surface area contributed by atoms with Gasteiger partial charge in [0, 0.05) is 19.0 Å². The van der Waals surface area contributed by atoms with Crippen LogP contribution in [0.4, 0.5) is 4.79 Å². The van der Waals surface area contributed by atoms with E-state index in [4.69, 9.17) is 18.9 Å². The molecular formula is C33H39NO6. The Labute approximate surface area is 237 Å². The van der Waals surface area contributed by atoms with Crippen LogP contribution >= 0.6 is 0 Å². The van der Waals surface area contributed by atoms with Gasteiger partial charge in [0.15, 0.2) is 12.4 Å². The van der Waals surface area contributed by atoms with Gasteiger partial charge >= 0.3 is 12.1 Å². The van der Waals surface area contributed by atoms with Gasteiger partial charge in [0.1, 0.15) is 6.61 Å². The lowest BCUT2D eigenvalue weighted by atomic mass is 9.82. The fourth-order valence-corrected chi connectivity index (χ4v) is 4.92. The molecule has 3 aromatic carbocycles. The Morgan fingerprint density at radius 2 is 1.43 bits per heavy atom. The van der Waals surface area contributed by atoms with Crippen molar-refractivity contribution in [2.75, 3.05) is 13.2 Å². The molecule has 1 fully saturated rings. The summed E-state index contributed by atoms with van der Waals surface area (Å²) in [4.78, 5) is 27.7. The molecule has 0 radical (unpaired) electrons. The average molecular weight is 546 g/mol. The minimum Gasteiger partial charge on any atom is -0.453 e. The molecule has 0 spiro atoms. The molecule has 0 saturated carbocycles. The number of hydrogen-bond acceptors (Lipinski definition) is 6. The summed E-state index contributed by atoms with van der Waals surface area (Å²) in [6, 6.07) is 28.3. The second kappa shape index (κ2) is 14.6. The van der Waals surface area contributed by atoms with Crippen molar-refractivity contribution in [1.29, 1.82) is 0 Å². The van der Waals surface area contributed by atoms with Crippen LogP contribution in [0.3, 0.4) is 0 Å². The van der Waals surface area contributed by atoms with Gasteiger partial charge in [0.05, 0.1) is 18.3 Å². The Morgan fingerprint density at radius 1 is 0.825 bits per heavy atom. The quantitative estimate of drug-likeness (QED) is 0.257. The monoisotopic (exact) mass is 545 g/mol. The summed E-state index contributed by atoms with van der Waals surface area (Å²) in [6.07, 6.45) is -0.971. The van der Waals surface area contributed by atoms with Crippen LogP contribution in [0.1, 0.15) is 48.7 Å². The molecule has 1 amide bonds. The first kappa shape index (κ1) is 29.3. The van der Waals surface area contributed by atoms with Crippen LogP contribution in [0.2, 0.25) is 0 Å². The summed E-state index contributed by atoms with van der Waals surface area (Å²) in [7, 11) is 0. The lowest BCUT2D eigenvalue weighted by Crippen LogP contribution is -2.52. The molecule has 0 N–H and O–H groups in total. The summed E-state index contributed by atoms with van der Waals surface area (Å²) in [6.45, 7) is 7.28. The molecule has 5 atom stereocenters. The number of amides is 1. The largest absolute Gasteiger partial charge is 0.453 e. The molecule has 7 heteroatoms. The maximum Gasteiger partial charge on any atom is 0.410 e. The fraction of sp³-hybridized carbons (Fsp3) is 0.394. The van der Waals surface area contributed by atoms with E-state index in [0.29, 0.717) is 12.1 Å². The van der Waals surface area contributed by atoms with Crippen molar-refractivity contribution in [1.82, 2.24) is 4.90 Å². The van der Waals surface area contributed by atoms with Gasteiger partial charge in [-0.15, -0.1) is 0 Å². The zero-order valence-electron chi connectivity index (χ0n) is 23.5. The highest BCUT2D eigenvalue weighted by Gasteiger charge is 2.44. The first-order valence-corrected chi connectivity index (χ1v) is 14.0. The van der Waals surface area contributed by atoms with E-state index in [1.165, 1.54) is 0 Å². The number of carbonyl (C=O) groups is 2. The molecule has 1 aliphatic heterocycles. The number of rotatable bonds is 11. The van der Waals surface area contributed by atoms with Gasteiger partial charge in [-0.3, -0.25) is 0 Å². The normalized spacial score (nSPS) is 22.3. The molecule has 1 heterocycles. The lowest BCUT2D eigenvalue weighted by molar-refractivity contribution is -0.269. The minimum atomic E-state index is -0.747. The number of carbonyl (C=O) groups excluding carboxylic acids is 2. The van der Waals surface area contributed by atoms with Gasteiger partial charge in [0.2, 0.25) is 0 Å². The highest BCUT2D eigenvalue weighted by atomic mass is 16.7. The first-order chi connectivity index (χ1) is 19.5. The predicted molar refractivity (Wildman–Crippen MR) is 152 cm³/mol. The van der Waals surface area contributed by atoms with Crippen LogP contribution < -0.4 is 0 Å². The van der Waals surface area contributed by atoms with E-state index < -0.39 is 24.5 Å². The molecule has 0 bridgehead atoms. The molecular weight excluding hydrogens is 506 g/mol. The summed E-state index contributed by atoms with van der Waals surface area (Å²) in [5.74, 6) is -0.208. The van der Waals surface area contributed by atoms with Crippen LogP contribution in [-0.4, -0.2) is 48.6 Å². The topological polar surface area (TPSA) is 74.3 Å². The maximum atomic E-state index is 13.1. The second-order valence-corrected chi connectivity index (χ2v) is 10.2. The molecule has 0 aliphatic carbocycles. The summed E-state index contributed by atoms with van der Waals surface area (Å²) < 4.78 is 24.1. The highest BCUT2D eigenvalue weighted by molar-refractivity contribution is 5.89. The van der Waals surface area contributed by atoms with Gasteiger partial charge < -0.3 is 23.8 Å². The van der Waals surface area contributed by atoms with Crippen LogP contribution in [0, 0.1) is 11.8 Å². The molecule has 2 unspecified atom stereocenters. The van der Waals surface area contributed by atoms with Crippen LogP contribution in [0.5, 0.6) is 0 Å². The van der Waals surface area contributed by atoms with E-state index in [0.717, 1.165) is 17.5 Å². The van der Waals surface area contributed by atoms with Gasteiger partial charge in [0.25, 0.3) is 0 Å². The van der Waals surface area contributed by atoms with Crippen LogP contribution in [0.25, 0.3) is 0 Å². The highest BCUT2D eigenvalue weighted by Crippen LogP contribution is 2.35. The number of benzene rings is 3. The zero-order chi connectivity index (χ0) is 28.3. The van der Waals surface area contributed by atoms with Gasteiger partial charge in [-0.1, -0.05) is 99.6 Å². The number of esters is 1. The van der Waals surface area contributed by atoms with Crippen molar-refractivity contribution >= 4 is 12.1 Å². The van der Waals surface area contributed by atoms with E-state index in [9.17, 15) is 9.59 Å². The smallest absolute Gasteiger partial charge is 0.410 e. The predicted octanol–water partition coefficient (Wildman–Crippen LogP) is 6.47. The third-order valence-electron chi connectivity index (χ3n) is 7.49. The zero-order valence-corrected chi connectivity index (χ0v) is 23.5. The molecule has 1 aliphatic rings. The van der Waals surface area contributed by atoms with Crippen molar-refractivity contribution in [3.8, 4) is 0 Å². The Balaban J connectivity index is 1.42. The number of nitrogens with zero attached hydrogens (tertiary/aromatic N) is 1. The molecule has 212 valence electrons. The van der Waals surface area contributed by atoms with Crippen molar-refractivity contribution in [3.05, 3.63) is 108 Å². The van der Waals surface area contributed by atoms with Crippen LogP contribution in [0.15, 0.2) is 91.0 Å². The third-order valence-corrected chi connectivity index (χ3v) is 7.49. The van der Waals surface area contributed by atoms with E-state index in [1.54, 1.807) is 29.2 Å². The molecule has 4 rings (SSSR count). The SMILES string of the molecule is CCC1O[C@H](OCCN(Cc2ccccc2)C(=O)OCc2ccccc2)C(OC(=O)c2ccccc2)[C@@H](C)[C@@H]1C. The molecule has 40 heavy (non-hydrogen) atoms. The molecule has 3 aromatic rings. The number of hydrogen-bond donors (Lipinski definition) is 0. The van der Waals surface area contributed by atoms with Gasteiger partial charge in [-0.2, -0.15) is 0 Å². The number of ether oxygens (including phenoxy) is 4. The molecule has 7 nitrogen and oxygen atoms in total. The first-order valence-electron chi connectivity index (χ1n) is 14.0. The third kappa shape index (κ3) is 7.93. The minimum absolute atomic E-state index is 0.0209. The van der Waals surface area contributed by atoms with Crippen molar-refractivity contribution in [2.45, 2.75) is 58.8 Å². The van der Waals surface area contributed by atoms with Crippen LogP contribution in [-0.2, 0) is 32.1 Å². The van der Waals surface area contributed by atoms with Gasteiger partial charge in [-0.25, -0.2) is 9.59 Å². The van der Waals surface area contributed by atoms with Gasteiger partial charge in [-0.05, 0) is 35.6 Å². The Hall–Kier alpha value is -3.68. The maximum absolute atomic E-state index is 13.1.